The van der Waals surface area contributed by atoms with Crippen LogP contribution in [0.5, 0.6) is 0 Å². The molecule has 576 valence electrons. The fourth-order valence-corrected chi connectivity index (χ4v) is 10.6. The standard InChI is InChI=1S/4C16H36N.2C2H3N.8CNS.U/c4*1-5-9-13-17(14-10-6-2,15-11-7-3)16-12-8-4;2*1-2-3;8*2-1-3;/h4*5-16H2,1-4H3;2*1H3;;;;;;;;;/q4*+1;;;8*-1;+4. The fourth-order valence-electron chi connectivity index (χ4n) is 10.6. The van der Waals surface area contributed by atoms with Gasteiger partial charge < -0.3 is 61.2 Å². The first kappa shape index (κ1) is 133. The number of thiocarbonyl (C=S) groups is 8. The van der Waals surface area contributed by atoms with Crippen LogP contribution in [0.25, 0.3) is 43.3 Å². The quantitative estimate of drug-likeness (QED) is 0.0318. The van der Waals surface area contributed by atoms with E-state index in [4.69, 9.17) is 53.8 Å². The molecule has 0 aliphatic heterocycles. The van der Waals surface area contributed by atoms with Crippen LogP contribution in [-0.2, 0) is 0 Å². The maximum Gasteiger partial charge on any atom is 4.00 e. The van der Waals surface area contributed by atoms with E-state index in [9.17, 15) is 0 Å². The molecule has 99 heavy (non-hydrogen) atoms. The molecule has 0 aromatic rings. The predicted molar refractivity (Wildman–Crippen MR) is 468 cm³/mol. The van der Waals surface area contributed by atoms with Crippen LogP contribution in [0, 0.1) is 53.8 Å². The summed E-state index contributed by atoms with van der Waals surface area (Å²) in [5.41, 5.74) is 0. The molecular weight excluding hydrogens is 1600 g/mol. The van der Waals surface area contributed by atoms with Gasteiger partial charge in [-0.3, -0.25) is 0 Å². The molecule has 0 bridgehead atoms. The molecule has 0 aliphatic rings. The molecule has 0 aliphatic carbocycles. The van der Waals surface area contributed by atoms with Crippen LogP contribution in [0.4, 0.5) is 0 Å². The third kappa shape index (κ3) is 140. The molecule has 0 aromatic heterocycles. The van der Waals surface area contributed by atoms with Gasteiger partial charge in [0.25, 0.3) is 0 Å². The monoisotopic (exact) mass is 1750 g/mol. The van der Waals surface area contributed by atoms with Crippen LogP contribution < -0.4 is 0 Å². The van der Waals surface area contributed by atoms with Crippen LogP contribution in [0.15, 0.2) is 0 Å². The fraction of sp³-hybridized carbons (Fsp3) is 0.868. The Labute approximate surface area is 682 Å². The van der Waals surface area contributed by atoms with Gasteiger partial charge in [0.15, 0.2) is 0 Å². The zero-order valence-corrected chi connectivity index (χ0v) is 77.7. The molecule has 0 saturated heterocycles. The van der Waals surface area contributed by atoms with Gasteiger partial charge in [-0.1, -0.05) is 311 Å². The van der Waals surface area contributed by atoms with Gasteiger partial charge >= 0.3 is 31.1 Å². The average molecular weight is 1750 g/mol. The van der Waals surface area contributed by atoms with E-state index < -0.39 is 0 Å². The molecule has 0 radical (unpaired) electrons. The van der Waals surface area contributed by atoms with Crippen LogP contribution in [0.1, 0.15) is 330 Å². The summed E-state index contributed by atoms with van der Waals surface area (Å²) in [6, 6.07) is 3.50. The Balaban J connectivity index is -0.0000000639. The van der Waals surface area contributed by atoms with Crippen LogP contribution >= 0.6 is 97.7 Å². The van der Waals surface area contributed by atoms with Crippen molar-refractivity contribution in [2.24, 2.45) is 0 Å². The maximum atomic E-state index is 7.32. The Morgan fingerprint density at radius 2 is 0.232 bits per heavy atom. The molecule has 0 heterocycles. The minimum atomic E-state index is 0. The predicted octanol–water partition coefficient (Wildman–Crippen LogP) is 26.3. The second kappa shape index (κ2) is 136. The number of unbranched alkanes of at least 4 members (excludes halogenated alkanes) is 16. The van der Waals surface area contributed by atoms with Gasteiger partial charge in [0.05, 0.1) is 117 Å². The molecule has 0 unspecified atom stereocenters. The van der Waals surface area contributed by atoms with E-state index in [0.717, 1.165) is 0 Å². The van der Waals surface area contributed by atoms with E-state index in [1.165, 1.54) is 383 Å². The zero-order valence-electron chi connectivity index (χ0n) is 67.0. The Hall–Kier alpha value is -1.73. The van der Waals surface area contributed by atoms with E-state index in [-0.39, 0.29) is 31.1 Å². The first-order chi connectivity index (χ1) is 47.1. The largest absolute Gasteiger partial charge is 4.00 e. The summed E-state index contributed by atoms with van der Waals surface area (Å²) in [5, 5.41) is 82.4. The van der Waals surface area contributed by atoms with Gasteiger partial charge in [0, 0.05) is 13.8 Å². The number of hydrogen-bond donors (Lipinski definition) is 0. The molecule has 0 spiro atoms. The van der Waals surface area contributed by atoms with E-state index >= 15 is 0 Å². The van der Waals surface area contributed by atoms with Crippen LogP contribution in [0.2, 0.25) is 0 Å². The second-order valence-electron chi connectivity index (χ2n) is 23.8. The Morgan fingerprint density at radius 1 is 0.192 bits per heavy atom. The van der Waals surface area contributed by atoms with Gasteiger partial charge in [0.2, 0.25) is 0 Å². The summed E-state index contributed by atoms with van der Waals surface area (Å²) in [4.78, 5) is 0. The van der Waals surface area contributed by atoms with Gasteiger partial charge in [-0.2, -0.15) is 51.8 Å². The Kier molecular flexibility index (Phi) is 182. The molecule has 0 rings (SSSR count). The number of isothiocyanates is 8. The zero-order chi connectivity index (χ0) is 79.0. The number of quaternary nitrogens is 4. The van der Waals surface area contributed by atoms with Crippen molar-refractivity contribution in [3.8, 4) is 12.1 Å². The molecule has 0 atom stereocenters. The Morgan fingerprint density at radius 3 is 0.263 bits per heavy atom. The topological polar surface area (TPSA) is 226 Å². The van der Waals surface area contributed by atoms with Crippen molar-refractivity contribution in [1.29, 1.82) is 10.5 Å². The molecule has 0 fully saturated rings. The molecule has 14 nitrogen and oxygen atoms in total. The van der Waals surface area contributed by atoms with E-state index in [0.29, 0.717) is 0 Å². The van der Waals surface area contributed by atoms with E-state index in [2.05, 4.69) is 209 Å². The third-order valence-corrected chi connectivity index (χ3v) is 15.8. The summed E-state index contributed by atoms with van der Waals surface area (Å²) in [5.74, 6) is 0. The SMILES string of the molecule is CC#N.CC#N.CCCC[N+](CCCC)(CCCC)CCCC.CCCC[N+](CCCC)(CCCC)CCCC.CCCC[N+](CCCC)(CCCC)CCCC.CCCC[N+](CCCC)(CCCC)CCCC.[N-]=C=S.[N-]=C=S.[N-]=C=S.[N-]=C=S.[N-]=C=S.[N-]=C=S.[N-]=C=S.[N-]=C=S.[U+4]. The minimum absolute atomic E-state index is 0. The van der Waals surface area contributed by atoms with E-state index in [1.807, 2.05) is 0 Å². The maximum absolute atomic E-state index is 7.32. The van der Waals surface area contributed by atoms with E-state index in [1.54, 1.807) is 12.1 Å². The number of nitriles is 2. The second-order valence-corrected chi connectivity index (χ2v) is 25.2. The molecule has 0 saturated carbocycles. The third-order valence-electron chi connectivity index (χ3n) is 15.8. The van der Waals surface area contributed by atoms with Crippen LogP contribution in [0.3, 0.4) is 0 Å². The number of hydrogen-bond acceptors (Lipinski definition) is 10. The molecule has 23 heteroatoms. The normalized spacial score (nSPS) is 9.05. The first-order valence-electron chi connectivity index (χ1n) is 37.2. The molecule has 0 N–H and O–H groups in total. The molecule has 0 aromatic carbocycles. The summed E-state index contributed by atoms with van der Waals surface area (Å²) in [7, 11) is 0. The summed E-state index contributed by atoms with van der Waals surface area (Å²) >= 11 is 29.6. The van der Waals surface area contributed by atoms with Gasteiger partial charge in [-0.15, -0.1) is 0 Å². The van der Waals surface area contributed by atoms with Gasteiger partial charge in [0.1, 0.15) is 0 Å². The van der Waals surface area contributed by atoms with Crippen molar-refractivity contribution in [2.45, 2.75) is 330 Å². The molecular formula is C76H150N14S8U. The smallest absolute Gasteiger partial charge is 0.753 e. The number of nitrogens with zero attached hydrogens (tertiary/aromatic N) is 14. The summed E-state index contributed by atoms with van der Waals surface area (Å²) < 4.78 is 5.68. The van der Waals surface area contributed by atoms with Crippen molar-refractivity contribution in [3.05, 3.63) is 43.3 Å². The van der Waals surface area contributed by atoms with Crippen molar-refractivity contribution in [2.75, 3.05) is 105 Å². The summed E-state index contributed by atoms with van der Waals surface area (Å²) in [6.45, 7) is 62.9. The first-order valence-corrected chi connectivity index (χ1v) is 40.5. The van der Waals surface area contributed by atoms with Crippen molar-refractivity contribution >= 4 is 139 Å². The van der Waals surface area contributed by atoms with Crippen molar-refractivity contribution in [3.63, 3.8) is 0 Å². The minimum Gasteiger partial charge on any atom is -0.753 e. The van der Waals surface area contributed by atoms with Gasteiger partial charge in [-0.05, 0) is 103 Å². The number of rotatable bonds is 48. The van der Waals surface area contributed by atoms with Crippen LogP contribution in [-0.4, -0.2) is 164 Å². The summed E-state index contributed by atoms with van der Waals surface area (Å²) in [6.07, 6.45) is 44.2. The average Bonchev–Trinajstić information content (AvgIpc) is 0.975. The van der Waals surface area contributed by atoms with Crippen molar-refractivity contribution in [1.82, 2.24) is 0 Å². The Bertz CT molecular complexity index is 1410. The molecule has 0 amide bonds. The van der Waals surface area contributed by atoms with Gasteiger partial charge in [-0.25, -0.2) is 0 Å². The van der Waals surface area contributed by atoms with Crippen molar-refractivity contribution < 1.29 is 49.0 Å².